The molecule has 1 aromatic carbocycles. The van der Waals surface area contributed by atoms with Gasteiger partial charge >= 0.3 is 0 Å². The first-order chi connectivity index (χ1) is 10.4. The molecule has 0 radical (unpaired) electrons. The molecule has 5 heteroatoms. The molecule has 0 fully saturated rings. The van der Waals surface area contributed by atoms with Crippen LogP contribution >= 0.6 is 0 Å². The molecule has 21 heavy (non-hydrogen) atoms. The third-order valence-electron chi connectivity index (χ3n) is 3.74. The molecule has 3 aromatic rings. The van der Waals surface area contributed by atoms with Crippen LogP contribution < -0.4 is 5.32 Å². The highest BCUT2D eigenvalue weighted by Crippen LogP contribution is 2.19. The highest BCUT2D eigenvalue weighted by atomic mass is 15.0. The van der Waals surface area contributed by atoms with Gasteiger partial charge in [-0.15, -0.1) is 0 Å². The van der Waals surface area contributed by atoms with E-state index in [2.05, 4.69) is 49.5 Å². The van der Waals surface area contributed by atoms with E-state index in [0.717, 1.165) is 42.1 Å². The Bertz CT molecular complexity index is 818. The minimum absolute atomic E-state index is 0.728. The average molecular weight is 277 g/mol. The van der Waals surface area contributed by atoms with Crippen molar-refractivity contribution in [2.45, 2.75) is 13.0 Å². The molecule has 1 aliphatic rings. The van der Waals surface area contributed by atoms with Gasteiger partial charge in [0, 0.05) is 37.4 Å². The molecule has 0 bridgehead atoms. The van der Waals surface area contributed by atoms with Gasteiger partial charge in [-0.25, -0.2) is 9.97 Å². The summed E-state index contributed by atoms with van der Waals surface area (Å²) in [6.45, 7) is 1.54. The highest BCUT2D eigenvalue weighted by molar-refractivity contribution is 5.88. The molecule has 2 N–H and O–H groups in total. The van der Waals surface area contributed by atoms with Gasteiger partial charge in [0.1, 0.15) is 12.1 Å². The van der Waals surface area contributed by atoms with E-state index in [9.17, 15) is 0 Å². The molecule has 0 amide bonds. The summed E-state index contributed by atoms with van der Waals surface area (Å²) in [5.74, 6) is 0.857. The Morgan fingerprint density at radius 2 is 2.19 bits per heavy atom. The van der Waals surface area contributed by atoms with Crippen LogP contribution in [0.1, 0.15) is 16.8 Å². The fourth-order valence-electron chi connectivity index (χ4n) is 2.62. The van der Waals surface area contributed by atoms with Crippen LogP contribution in [0.3, 0.4) is 0 Å². The van der Waals surface area contributed by atoms with E-state index in [1.54, 1.807) is 6.33 Å². The zero-order chi connectivity index (χ0) is 14.1. The van der Waals surface area contributed by atoms with E-state index in [1.807, 2.05) is 12.4 Å². The van der Waals surface area contributed by atoms with Crippen LogP contribution in [0.5, 0.6) is 0 Å². The van der Waals surface area contributed by atoms with Crippen LogP contribution in [0.2, 0.25) is 0 Å². The number of aliphatic imine (C=N–C) groups is 1. The lowest BCUT2D eigenvalue weighted by atomic mass is 10.1. The minimum atomic E-state index is 0.728. The van der Waals surface area contributed by atoms with Crippen molar-refractivity contribution in [3.63, 3.8) is 0 Å². The lowest BCUT2D eigenvalue weighted by molar-refractivity contribution is 0.889. The molecule has 0 atom stereocenters. The van der Waals surface area contributed by atoms with Crippen molar-refractivity contribution in [3.05, 3.63) is 53.6 Å². The van der Waals surface area contributed by atoms with Crippen LogP contribution in [0.25, 0.3) is 10.9 Å². The van der Waals surface area contributed by atoms with Gasteiger partial charge in [-0.3, -0.25) is 4.99 Å². The fourth-order valence-corrected chi connectivity index (χ4v) is 2.62. The van der Waals surface area contributed by atoms with E-state index in [0.29, 0.717) is 0 Å². The molecule has 104 valence electrons. The second-order valence-electron chi connectivity index (χ2n) is 5.12. The van der Waals surface area contributed by atoms with Gasteiger partial charge < -0.3 is 10.3 Å². The van der Waals surface area contributed by atoms with Gasteiger partial charge in [-0.1, -0.05) is 12.1 Å². The topological polar surface area (TPSA) is 66.0 Å². The smallest absolute Gasteiger partial charge is 0.138 e. The summed E-state index contributed by atoms with van der Waals surface area (Å²) in [5, 5.41) is 4.62. The summed E-state index contributed by atoms with van der Waals surface area (Å²) in [6, 6.07) is 8.48. The number of aromatic amines is 1. The lowest BCUT2D eigenvalue weighted by Crippen LogP contribution is -2.12. The third-order valence-corrected chi connectivity index (χ3v) is 3.74. The molecule has 0 unspecified atom stereocenters. The van der Waals surface area contributed by atoms with Gasteiger partial charge in [0.25, 0.3) is 0 Å². The lowest BCUT2D eigenvalue weighted by Gasteiger charge is -2.13. The molecule has 0 aliphatic carbocycles. The fraction of sp³-hybridized carbons (Fsp3) is 0.188. The second kappa shape index (κ2) is 5.01. The summed E-state index contributed by atoms with van der Waals surface area (Å²) < 4.78 is 0. The number of hydrogen-bond donors (Lipinski definition) is 2. The largest absolute Gasteiger partial charge is 0.365 e. The van der Waals surface area contributed by atoms with E-state index >= 15 is 0 Å². The summed E-state index contributed by atoms with van der Waals surface area (Å²) in [5.41, 5.74) is 4.46. The predicted octanol–water partition coefficient (Wildman–Crippen LogP) is 2.54. The molecule has 0 saturated heterocycles. The van der Waals surface area contributed by atoms with Crippen LogP contribution in [-0.4, -0.2) is 27.7 Å². The SMILES string of the molecule is C1=NCCc2ncnc(NCc3ccc4cc[nH]c4c3)c21. The van der Waals surface area contributed by atoms with Gasteiger partial charge in [0.05, 0.1) is 11.3 Å². The molecule has 4 rings (SSSR count). The number of benzene rings is 1. The molecule has 0 saturated carbocycles. The standard InChI is InChI=1S/C16H15N5/c1-2-12-3-6-18-15(12)7-11(1)8-19-16-13-9-17-5-4-14(13)20-10-21-16/h1-3,6-7,9-10,18H,4-5,8H2,(H,19,20,21). The Kier molecular flexibility index (Phi) is 2.88. The van der Waals surface area contributed by atoms with Gasteiger partial charge in [0.15, 0.2) is 0 Å². The van der Waals surface area contributed by atoms with E-state index in [4.69, 9.17) is 0 Å². The average Bonchev–Trinajstić information content (AvgIpc) is 3.00. The quantitative estimate of drug-likeness (QED) is 0.773. The number of fused-ring (bicyclic) bond motifs is 2. The Morgan fingerprint density at radius 3 is 3.19 bits per heavy atom. The normalized spacial score (nSPS) is 13.3. The zero-order valence-corrected chi connectivity index (χ0v) is 11.5. The molecular weight excluding hydrogens is 262 g/mol. The van der Waals surface area contributed by atoms with Crippen LogP contribution in [-0.2, 0) is 13.0 Å². The first-order valence-corrected chi connectivity index (χ1v) is 7.04. The van der Waals surface area contributed by atoms with Gasteiger partial charge in [-0.2, -0.15) is 0 Å². The summed E-state index contributed by atoms with van der Waals surface area (Å²) in [6.07, 6.45) is 6.33. The van der Waals surface area contributed by atoms with Crippen molar-refractivity contribution in [1.29, 1.82) is 0 Å². The molecule has 0 spiro atoms. The van der Waals surface area contributed by atoms with Crippen molar-refractivity contribution in [2.24, 2.45) is 4.99 Å². The number of rotatable bonds is 3. The Balaban J connectivity index is 1.58. The third kappa shape index (κ3) is 2.27. The van der Waals surface area contributed by atoms with Crippen LogP contribution in [0, 0.1) is 0 Å². The number of H-pyrrole nitrogens is 1. The summed E-state index contributed by atoms with van der Waals surface area (Å²) in [7, 11) is 0. The first kappa shape index (κ1) is 12.1. The minimum Gasteiger partial charge on any atom is -0.365 e. The number of aromatic nitrogens is 3. The van der Waals surface area contributed by atoms with Gasteiger partial charge in [0.2, 0.25) is 0 Å². The monoisotopic (exact) mass is 277 g/mol. The maximum Gasteiger partial charge on any atom is 0.138 e. The number of hydrogen-bond acceptors (Lipinski definition) is 4. The van der Waals surface area contributed by atoms with Crippen molar-refractivity contribution in [2.75, 3.05) is 11.9 Å². The van der Waals surface area contributed by atoms with Crippen molar-refractivity contribution in [3.8, 4) is 0 Å². The van der Waals surface area contributed by atoms with Gasteiger partial charge in [-0.05, 0) is 23.1 Å². The number of nitrogens with one attached hydrogen (secondary N) is 2. The van der Waals surface area contributed by atoms with Crippen molar-refractivity contribution < 1.29 is 0 Å². The summed E-state index contributed by atoms with van der Waals surface area (Å²) in [4.78, 5) is 16.2. The van der Waals surface area contributed by atoms with Crippen molar-refractivity contribution in [1.82, 2.24) is 15.0 Å². The second-order valence-corrected chi connectivity index (χ2v) is 5.12. The van der Waals surface area contributed by atoms with E-state index < -0.39 is 0 Å². The molecule has 3 heterocycles. The maximum atomic E-state index is 4.34. The Labute approximate surface area is 122 Å². The Morgan fingerprint density at radius 1 is 1.19 bits per heavy atom. The molecular formula is C16H15N5. The first-order valence-electron chi connectivity index (χ1n) is 7.04. The zero-order valence-electron chi connectivity index (χ0n) is 11.5. The number of nitrogens with zero attached hydrogens (tertiary/aromatic N) is 3. The van der Waals surface area contributed by atoms with E-state index in [-0.39, 0.29) is 0 Å². The van der Waals surface area contributed by atoms with E-state index in [1.165, 1.54) is 10.9 Å². The molecule has 2 aromatic heterocycles. The van der Waals surface area contributed by atoms with Crippen molar-refractivity contribution >= 4 is 22.9 Å². The Hall–Kier alpha value is -2.69. The van der Waals surface area contributed by atoms with Crippen LogP contribution in [0.4, 0.5) is 5.82 Å². The summed E-state index contributed by atoms with van der Waals surface area (Å²) >= 11 is 0. The molecule has 1 aliphatic heterocycles. The predicted molar refractivity (Wildman–Crippen MR) is 83.8 cm³/mol. The highest BCUT2D eigenvalue weighted by Gasteiger charge is 2.12. The van der Waals surface area contributed by atoms with Crippen LogP contribution in [0.15, 0.2) is 41.8 Å². The molecule has 5 nitrogen and oxygen atoms in total. The maximum absolute atomic E-state index is 4.34. The number of anilines is 1.